The Morgan fingerprint density at radius 1 is 0.966 bits per heavy atom. The third-order valence-corrected chi connectivity index (χ3v) is 5.01. The highest BCUT2D eigenvalue weighted by molar-refractivity contribution is 6.33. The molecule has 0 aliphatic carbocycles. The molecule has 1 atom stereocenters. The molecule has 0 aliphatic rings. The van der Waals surface area contributed by atoms with Gasteiger partial charge in [0.15, 0.2) is 0 Å². The minimum Gasteiger partial charge on any atom is -0.387 e. The molecule has 0 radical (unpaired) electrons. The predicted molar refractivity (Wildman–Crippen MR) is 110 cm³/mol. The van der Waals surface area contributed by atoms with Gasteiger partial charge in [-0.2, -0.15) is 13.2 Å². The maximum atomic E-state index is 13.0. The lowest BCUT2D eigenvalue weighted by atomic mass is 10.0. The molecule has 29 heavy (non-hydrogen) atoms. The van der Waals surface area contributed by atoms with Crippen molar-refractivity contribution in [1.82, 2.24) is 4.90 Å². The number of alkyl halides is 3. The number of likely N-dealkylation sites (N-methyl/N-ethyl adjacent to an activating group) is 1. The summed E-state index contributed by atoms with van der Waals surface area (Å²) < 4.78 is 38.9. The second kappa shape index (κ2) is 8.99. The highest BCUT2D eigenvalue weighted by atomic mass is 35.5. The van der Waals surface area contributed by atoms with Gasteiger partial charge in [-0.1, -0.05) is 66.2 Å². The molecule has 3 aromatic rings. The van der Waals surface area contributed by atoms with Gasteiger partial charge < -0.3 is 5.11 Å². The predicted octanol–water partition coefficient (Wildman–Crippen LogP) is 6.19. The molecule has 0 bridgehead atoms. The zero-order valence-electron chi connectivity index (χ0n) is 15.8. The van der Waals surface area contributed by atoms with Crippen LogP contribution in [0, 0.1) is 0 Å². The van der Waals surface area contributed by atoms with Crippen LogP contribution in [0.4, 0.5) is 13.2 Å². The molecule has 3 rings (SSSR count). The van der Waals surface area contributed by atoms with Crippen molar-refractivity contribution >= 4 is 11.6 Å². The molecule has 1 unspecified atom stereocenters. The summed E-state index contributed by atoms with van der Waals surface area (Å²) in [7, 11) is 1.91. The van der Waals surface area contributed by atoms with Gasteiger partial charge in [0, 0.05) is 23.7 Å². The molecule has 0 spiro atoms. The molecule has 1 N–H and O–H groups in total. The Bertz CT molecular complexity index is 943. The summed E-state index contributed by atoms with van der Waals surface area (Å²) in [5.74, 6) is 0. The Labute approximate surface area is 173 Å². The number of aliphatic hydroxyl groups excluding tert-OH is 1. The van der Waals surface area contributed by atoms with Crippen molar-refractivity contribution in [2.75, 3.05) is 13.6 Å². The van der Waals surface area contributed by atoms with Gasteiger partial charge in [0.2, 0.25) is 0 Å². The monoisotopic (exact) mass is 419 g/mol. The highest BCUT2D eigenvalue weighted by Gasteiger charge is 2.31. The molecular formula is C23H21ClF3NO. The lowest BCUT2D eigenvalue weighted by Gasteiger charge is -2.21. The maximum absolute atomic E-state index is 13.0. The molecule has 6 heteroatoms. The number of aliphatic hydroxyl groups is 1. The number of benzene rings is 3. The van der Waals surface area contributed by atoms with Gasteiger partial charge in [0.1, 0.15) is 0 Å². The maximum Gasteiger partial charge on any atom is 0.416 e. The van der Waals surface area contributed by atoms with Crippen molar-refractivity contribution in [3.05, 3.63) is 94.5 Å². The first-order chi connectivity index (χ1) is 13.7. The number of halogens is 4. The first-order valence-corrected chi connectivity index (χ1v) is 9.49. The fourth-order valence-electron chi connectivity index (χ4n) is 3.16. The van der Waals surface area contributed by atoms with Gasteiger partial charge in [0.25, 0.3) is 0 Å². The van der Waals surface area contributed by atoms with Gasteiger partial charge in [-0.3, -0.25) is 4.90 Å². The molecule has 0 heterocycles. The van der Waals surface area contributed by atoms with Crippen molar-refractivity contribution in [2.24, 2.45) is 0 Å². The van der Waals surface area contributed by atoms with Crippen LogP contribution < -0.4 is 0 Å². The molecule has 0 fully saturated rings. The van der Waals surface area contributed by atoms with Gasteiger partial charge in [-0.05, 0) is 41.9 Å². The largest absolute Gasteiger partial charge is 0.416 e. The van der Waals surface area contributed by atoms with Crippen LogP contribution in [-0.4, -0.2) is 23.6 Å². The topological polar surface area (TPSA) is 23.5 Å². The molecule has 2 nitrogen and oxygen atoms in total. The van der Waals surface area contributed by atoms with E-state index in [1.54, 1.807) is 12.1 Å². The van der Waals surface area contributed by atoms with E-state index >= 15 is 0 Å². The normalized spacial score (nSPS) is 12.9. The third-order valence-electron chi connectivity index (χ3n) is 4.68. The van der Waals surface area contributed by atoms with Crippen LogP contribution in [-0.2, 0) is 12.7 Å². The fraction of sp³-hybridized carbons (Fsp3) is 0.217. The molecule has 3 aromatic carbocycles. The minimum absolute atomic E-state index is 0.272. The number of nitrogens with zero attached hydrogens (tertiary/aromatic N) is 1. The third kappa shape index (κ3) is 5.60. The quantitative estimate of drug-likeness (QED) is 0.514. The van der Waals surface area contributed by atoms with E-state index in [0.717, 1.165) is 23.3 Å². The van der Waals surface area contributed by atoms with Gasteiger partial charge in [0.05, 0.1) is 11.7 Å². The second-order valence-corrected chi connectivity index (χ2v) is 7.42. The Morgan fingerprint density at radius 2 is 1.62 bits per heavy atom. The molecule has 0 saturated carbocycles. The van der Waals surface area contributed by atoms with E-state index in [0.29, 0.717) is 24.2 Å². The molecule has 0 amide bonds. The van der Waals surface area contributed by atoms with Crippen molar-refractivity contribution in [2.45, 2.75) is 18.8 Å². The van der Waals surface area contributed by atoms with E-state index in [4.69, 9.17) is 11.6 Å². The first-order valence-electron chi connectivity index (χ1n) is 9.11. The van der Waals surface area contributed by atoms with Crippen LogP contribution in [0.15, 0.2) is 72.8 Å². The van der Waals surface area contributed by atoms with Crippen LogP contribution in [0.1, 0.15) is 22.8 Å². The van der Waals surface area contributed by atoms with E-state index in [1.165, 1.54) is 6.07 Å². The summed E-state index contributed by atoms with van der Waals surface area (Å²) in [5.41, 5.74) is 2.09. The average molecular weight is 420 g/mol. The number of hydrogen-bond acceptors (Lipinski definition) is 2. The van der Waals surface area contributed by atoms with E-state index < -0.39 is 17.8 Å². The van der Waals surface area contributed by atoms with Crippen LogP contribution in [0.2, 0.25) is 5.02 Å². The lowest BCUT2D eigenvalue weighted by molar-refractivity contribution is -0.137. The molecule has 0 aliphatic heterocycles. The molecule has 0 aromatic heterocycles. The van der Waals surface area contributed by atoms with Crippen LogP contribution in [0.3, 0.4) is 0 Å². The SMILES string of the molecule is CN(Cc1ccc(-c2cc(C(F)(F)F)ccc2Cl)cc1)CC(O)c1ccccc1. The van der Waals surface area contributed by atoms with Crippen LogP contribution in [0.25, 0.3) is 11.1 Å². The number of rotatable bonds is 6. The van der Waals surface area contributed by atoms with Crippen molar-refractivity contribution in [1.29, 1.82) is 0 Å². The Balaban J connectivity index is 1.69. The summed E-state index contributed by atoms with van der Waals surface area (Å²) in [5, 5.41) is 10.6. The Kier molecular flexibility index (Phi) is 6.63. The van der Waals surface area contributed by atoms with E-state index in [2.05, 4.69) is 0 Å². The zero-order valence-corrected chi connectivity index (χ0v) is 16.6. The summed E-state index contributed by atoms with van der Waals surface area (Å²) in [4.78, 5) is 1.99. The van der Waals surface area contributed by atoms with Crippen molar-refractivity contribution < 1.29 is 18.3 Å². The smallest absolute Gasteiger partial charge is 0.387 e. The Hall–Kier alpha value is -2.34. The Morgan fingerprint density at radius 3 is 2.24 bits per heavy atom. The van der Waals surface area contributed by atoms with Crippen molar-refractivity contribution in [3.8, 4) is 11.1 Å². The number of hydrogen-bond donors (Lipinski definition) is 1. The van der Waals surface area contributed by atoms with E-state index in [-0.39, 0.29) is 5.02 Å². The average Bonchev–Trinajstić information content (AvgIpc) is 2.69. The van der Waals surface area contributed by atoms with Crippen LogP contribution in [0.5, 0.6) is 0 Å². The van der Waals surface area contributed by atoms with Crippen LogP contribution >= 0.6 is 11.6 Å². The summed E-state index contributed by atoms with van der Waals surface area (Å²) >= 11 is 6.12. The molecular weight excluding hydrogens is 399 g/mol. The molecule has 152 valence electrons. The van der Waals surface area contributed by atoms with Gasteiger partial charge in [-0.15, -0.1) is 0 Å². The first kappa shape index (κ1) is 21.4. The summed E-state index contributed by atoms with van der Waals surface area (Å²) in [6.45, 7) is 1.06. The standard InChI is InChI=1S/C23H21ClF3NO/c1-28(15-22(29)18-5-3-2-4-6-18)14-16-7-9-17(10-8-16)20-13-19(23(25,26)27)11-12-21(20)24/h2-13,22,29H,14-15H2,1H3. The summed E-state index contributed by atoms with van der Waals surface area (Å²) in [6.07, 6.45) is -5.01. The van der Waals surface area contributed by atoms with Gasteiger partial charge >= 0.3 is 6.18 Å². The van der Waals surface area contributed by atoms with E-state index in [1.807, 2.05) is 54.4 Å². The lowest BCUT2D eigenvalue weighted by Crippen LogP contribution is -2.24. The van der Waals surface area contributed by atoms with E-state index in [9.17, 15) is 18.3 Å². The van der Waals surface area contributed by atoms with Gasteiger partial charge in [-0.25, -0.2) is 0 Å². The van der Waals surface area contributed by atoms with Crippen molar-refractivity contribution in [3.63, 3.8) is 0 Å². The second-order valence-electron chi connectivity index (χ2n) is 7.01. The fourth-order valence-corrected chi connectivity index (χ4v) is 3.39. The zero-order chi connectivity index (χ0) is 21.0. The minimum atomic E-state index is -4.42. The summed E-state index contributed by atoms with van der Waals surface area (Å²) in [6, 6.07) is 20.0. The molecule has 0 saturated heterocycles. The highest BCUT2D eigenvalue weighted by Crippen LogP contribution is 2.36.